The Kier molecular flexibility index (Phi) is 21.2. The van der Waals surface area contributed by atoms with Crippen LogP contribution in [0.25, 0.3) is 68.7 Å². The molecule has 510 valence electrons. The van der Waals surface area contributed by atoms with E-state index in [1.54, 1.807) is 149 Å². The molecule has 0 unspecified atom stereocenters. The minimum absolute atomic E-state index is 0.00435. The van der Waals surface area contributed by atoms with Gasteiger partial charge in [-0.15, -0.1) is 30.6 Å². The molecule has 0 radical (unpaired) electrons. The van der Waals surface area contributed by atoms with Crippen LogP contribution in [-0.2, 0) is 64.5 Å². The molecule has 33 heteroatoms. The average Bonchev–Trinajstić information content (AvgIpc) is 1.77. The lowest BCUT2D eigenvalue weighted by Crippen LogP contribution is -2.38. The third-order valence-corrected chi connectivity index (χ3v) is 15.4. The Morgan fingerprint density at radius 2 is 0.838 bits per heavy atom. The molecular weight excluding hydrogens is 1310 g/mol. The molecule has 9 aromatic heterocycles. The number of nitrogens with zero attached hydrogens (tertiary/aromatic N) is 17. The summed E-state index contributed by atoms with van der Waals surface area (Å²) in [6.45, 7) is 15.8. The number of halogens is 4. The maximum absolute atomic E-state index is 14.2. The second-order valence-electron chi connectivity index (χ2n) is 23.2. The van der Waals surface area contributed by atoms with Gasteiger partial charge in [-0.1, -0.05) is 81.7 Å². The van der Waals surface area contributed by atoms with Crippen molar-refractivity contribution >= 4 is 35.3 Å². The molecule has 0 bridgehead atoms. The number of nitrogens with two attached hydrogens (primary N) is 1. The monoisotopic (exact) mass is 1370 g/mol. The normalized spacial score (nSPS) is 11.5. The predicted octanol–water partition coefficient (Wildman–Crippen LogP) is 9.78. The highest BCUT2D eigenvalue weighted by Gasteiger charge is 2.39. The third-order valence-electron chi connectivity index (χ3n) is 15.2. The van der Waals surface area contributed by atoms with Crippen LogP contribution in [0.15, 0.2) is 146 Å². The summed E-state index contributed by atoms with van der Waals surface area (Å²) in [6.07, 6.45) is 4.26. The zero-order valence-electron chi connectivity index (χ0n) is 54.6. The van der Waals surface area contributed by atoms with Crippen LogP contribution in [0.5, 0.6) is 0 Å². The predicted molar refractivity (Wildman–Crippen MR) is 347 cm³/mol. The van der Waals surface area contributed by atoms with E-state index in [9.17, 15) is 32.3 Å². The van der Waals surface area contributed by atoms with Gasteiger partial charge in [-0.2, -0.15) is 15.3 Å². The van der Waals surface area contributed by atoms with E-state index in [0.29, 0.717) is 62.2 Å². The molecule has 0 aliphatic heterocycles. The van der Waals surface area contributed by atoms with E-state index in [-0.39, 0.29) is 108 Å². The summed E-state index contributed by atoms with van der Waals surface area (Å²) in [6, 6.07) is 29.1. The topological polar surface area (TPSA) is 372 Å². The van der Waals surface area contributed by atoms with Crippen molar-refractivity contribution in [3.63, 3.8) is 0 Å². The summed E-state index contributed by atoms with van der Waals surface area (Å²) in [5.41, 5.74) is 7.74. The zero-order chi connectivity index (χ0) is 70.8. The van der Waals surface area contributed by atoms with E-state index in [4.69, 9.17) is 45.1 Å². The van der Waals surface area contributed by atoms with Gasteiger partial charge < -0.3 is 38.5 Å². The van der Waals surface area contributed by atoms with Crippen LogP contribution in [0.3, 0.4) is 0 Å². The first-order chi connectivity index (χ1) is 47.4. The van der Waals surface area contributed by atoms with Crippen molar-refractivity contribution in [1.82, 2.24) is 90.4 Å². The lowest BCUT2D eigenvalue weighted by molar-refractivity contribution is -0.149. The molecule has 29 nitrogen and oxygen atoms in total. The summed E-state index contributed by atoms with van der Waals surface area (Å²) in [5, 5.41) is 50.0. The molecule has 99 heavy (non-hydrogen) atoms. The van der Waals surface area contributed by atoms with Gasteiger partial charge in [-0.05, 0) is 98.7 Å². The number of hydrogen-bond acceptors (Lipinski definition) is 25. The van der Waals surface area contributed by atoms with Gasteiger partial charge in [0.15, 0.2) is 16.8 Å². The van der Waals surface area contributed by atoms with Gasteiger partial charge in [0.1, 0.15) is 104 Å². The van der Waals surface area contributed by atoms with Crippen LogP contribution >= 0.6 is 11.6 Å². The Labute approximate surface area is 565 Å². The number of H-pyrrole nitrogens is 1. The number of esters is 3. The maximum Gasteiger partial charge on any atom is 0.317 e. The summed E-state index contributed by atoms with van der Waals surface area (Å²) in [7, 11) is 0. The van der Waals surface area contributed by atoms with Crippen LogP contribution in [-0.4, -0.2) is 128 Å². The van der Waals surface area contributed by atoms with Crippen molar-refractivity contribution in [2.24, 2.45) is 0 Å². The lowest BCUT2D eigenvalue weighted by Gasteiger charge is -2.21. The molecule has 0 fully saturated rings. The van der Waals surface area contributed by atoms with Crippen LogP contribution in [0.4, 0.5) is 19.0 Å². The van der Waals surface area contributed by atoms with Crippen molar-refractivity contribution in [2.75, 3.05) is 25.6 Å². The third kappa shape index (κ3) is 15.5. The largest absolute Gasteiger partial charge is 0.465 e. The van der Waals surface area contributed by atoms with Gasteiger partial charge in [0.2, 0.25) is 11.6 Å². The molecule has 3 aromatic carbocycles. The number of benzene rings is 3. The van der Waals surface area contributed by atoms with Gasteiger partial charge in [-0.3, -0.25) is 33.2 Å². The van der Waals surface area contributed by atoms with E-state index in [1.807, 2.05) is 0 Å². The number of rotatable bonds is 21. The van der Waals surface area contributed by atoms with Crippen LogP contribution in [0.1, 0.15) is 96.1 Å². The number of carbonyl (C=O) groups is 3. The molecule has 12 aromatic rings. The number of anilines is 1. The molecule has 0 spiro atoms. The number of hydrogen-bond donors (Lipinski definition) is 2. The first-order valence-electron chi connectivity index (χ1n) is 30.5. The molecule has 0 saturated heterocycles. The van der Waals surface area contributed by atoms with E-state index in [1.165, 1.54) is 55.5 Å². The number of carbonyl (C=O) groups excluding carboxylic acids is 3. The summed E-state index contributed by atoms with van der Waals surface area (Å²) in [4.78, 5) is 60.9. The molecule has 12 rings (SSSR count). The molecule has 0 atom stereocenters. The van der Waals surface area contributed by atoms with Crippen LogP contribution < -0.4 is 11.3 Å². The fourth-order valence-electron chi connectivity index (χ4n) is 9.74. The fraction of sp³-hybridized carbons (Fsp3) is 0.273. The summed E-state index contributed by atoms with van der Waals surface area (Å²) in [5.74, 6) is -2.24. The van der Waals surface area contributed by atoms with Gasteiger partial charge in [0, 0.05) is 34.9 Å². The van der Waals surface area contributed by atoms with Gasteiger partial charge in [-0.25, -0.2) is 23.1 Å². The maximum atomic E-state index is 14.2. The standard InChI is InChI=1S/C22H20ClFN6O3.C22H22FN7O3.C22H21FN6O4/c1-4-32-21(31)22(2,3)18-19(23)25-20(27-26-18)16-11-17(15-9-10-33-29-15)30(28-16)12-13-7-5-6-8-14(13)24;1-4-32-21(31)22(2,3)18-19(24)25-20(27-26-18)16-11-17(15-9-10-33-29-15)30(28-16)12-13-7-5-6-8-14(13)23;1-4-32-21(31)22(2,3)18-20(30)24-19(26-25-18)16-11-17(15-9-10-33-28-15)29(27-16)12-13-7-5-6-8-14(13)23/h5-11H,4,12H2,1-3H3;5-11H,4,12H2,1-3H3,(H2,24,25,27);5-11H,4,12H2,1-3H3,(H,24,26,30). The molecule has 9 heterocycles. The van der Waals surface area contributed by atoms with Gasteiger partial charge in [0.05, 0.1) is 56.5 Å². The minimum Gasteiger partial charge on any atom is -0.465 e. The first-order valence-corrected chi connectivity index (χ1v) is 30.9. The molecule has 0 aliphatic carbocycles. The Bertz CT molecular complexity index is 4680. The van der Waals surface area contributed by atoms with E-state index in [2.05, 4.69) is 76.3 Å². The minimum atomic E-state index is -1.29. The van der Waals surface area contributed by atoms with Crippen molar-refractivity contribution in [1.29, 1.82) is 0 Å². The molecular formula is C66H63ClF3N19O10. The highest BCUT2D eigenvalue weighted by Crippen LogP contribution is 2.33. The Hall–Kier alpha value is -12.0. The second-order valence-corrected chi connectivity index (χ2v) is 23.5. The first kappa shape index (κ1) is 69.9. The van der Waals surface area contributed by atoms with Crippen molar-refractivity contribution in [3.05, 3.63) is 195 Å². The van der Waals surface area contributed by atoms with E-state index < -0.39 is 39.7 Å². The van der Waals surface area contributed by atoms with Crippen molar-refractivity contribution in [2.45, 2.75) is 98.2 Å². The Morgan fingerprint density at radius 3 is 1.20 bits per heavy atom. The fourth-order valence-corrected chi connectivity index (χ4v) is 10.1. The average molecular weight is 1370 g/mol. The van der Waals surface area contributed by atoms with Gasteiger partial charge in [0.25, 0.3) is 5.56 Å². The summed E-state index contributed by atoms with van der Waals surface area (Å²) >= 11 is 6.37. The lowest BCUT2D eigenvalue weighted by atomic mass is 9.89. The van der Waals surface area contributed by atoms with Crippen LogP contribution in [0, 0.1) is 17.5 Å². The molecule has 0 saturated carbocycles. The number of aromatic nitrogens is 18. The smallest absolute Gasteiger partial charge is 0.317 e. The van der Waals surface area contributed by atoms with Crippen LogP contribution in [0.2, 0.25) is 5.15 Å². The Balaban J connectivity index is 0.000000161. The molecule has 0 aliphatic rings. The highest BCUT2D eigenvalue weighted by molar-refractivity contribution is 6.30. The number of aromatic amines is 1. The Morgan fingerprint density at radius 1 is 0.485 bits per heavy atom. The van der Waals surface area contributed by atoms with E-state index in [0.717, 1.165) is 0 Å². The van der Waals surface area contributed by atoms with Gasteiger partial charge >= 0.3 is 17.9 Å². The SMILES string of the molecule is CCOC(=O)C(C)(C)c1nnc(-c2cc(-c3ccon3)n(Cc3ccccc3F)n2)[nH]c1=O.CCOC(=O)C(C)(C)c1nnc(-c2cc(-c3ccon3)n(Cc3ccccc3F)n2)nc1Cl.CCOC(=O)C(C)(C)c1nnc(-c2cc(-c3ccon3)n(Cc3ccccc3F)n2)nc1N. The number of ether oxygens (including phenoxy) is 3. The quantitative estimate of drug-likeness (QED) is 0.0499. The van der Waals surface area contributed by atoms with E-state index >= 15 is 0 Å². The number of nitrogens with one attached hydrogen (secondary N) is 1. The molecule has 0 amide bonds. The summed E-state index contributed by atoms with van der Waals surface area (Å²) < 4.78 is 77.5. The van der Waals surface area contributed by atoms with Crippen molar-refractivity contribution in [3.8, 4) is 68.7 Å². The second kappa shape index (κ2) is 30.0. The van der Waals surface area contributed by atoms with Crippen molar-refractivity contribution < 1.29 is 55.3 Å². The highest BCUT2D eigenvalue weighted by atomic mass is 35.5. The molecule has 3 N–H and O–H groups in total. The number of nitrogen functional groups attached to an aromatic ring is 1. The zero-order valence-corrected chi connectivity index (χ0v) is 55.4.